The predicted octanol–water partition coefficient (Wildman–Crippen LogP) is -2.03. The van der Waals surface area contributed by atoms with Crippen LogP contribution in [-0.4, -0.2) is 35.0 Å². The second-order valence-electron chi connectivity index (χ2n) is 3.94. The zero-order valence-corrected chi connectivity index (χ0v) is 14.8. The summed E-state index contributed by atoms with van der Waals surface area (Å²) in [6.45, 7) is 3.40. The number of esters is 1. The molecule has 1 atom stereocenters. The number of rotatable bonds is 5. The van der Waals surface area contributed by atoms with E-state index in [1.165, 1.54) is 12.1 Å². The van der Waals surface area contributed by atoms with Crippen LogP contribution in [0.2, 0.25) is 0 Å². The second-order valence-corrected chi connectivity index (χ2v) is 3.94. The summed E-state index contributed by atoms with van der Waals surface area (Å²) in [5.41, 5.74) is 0.133. The van der Waals surface area contributed by atoms with E-state index in [-0.39, 0.29) is 53.0 Å². The molecule has 1 N–H and O–H groups in total. The van der Waals surface area contributed by atoms with Gasteiger partial charge in [-0.15, -0.1) is 0 Å². The first-order chi connectivity index (χ1) is 10.2. The molecule has 0 heterocycles. The van der Waals surface area contributed by atoms with Crippen molar-refractivity contribution in [1.82, 2.24) is 0 Å². The van der Waals surface area contributed by atoms with Gasteiger partial charge in [0.1, 0.15) is 6.29 Å². The molecule has 120 valence electrons. The third-order valence-corrected chi connectivity index (χ3v) is 2.43. The molecule has 1 rings (SSSR count). The van der Waals surface area contributed by atoms with Gasteiger partial charge in [-0.05, 0) is 13.0 Å². The number of benzene rings is 1. The zero-order valence-electron chi connectivity index (χ0n) is 12.8. The monoisotopic (exact) mass is 335 g/mol. The molecule has 0 spiro atoms. The molecule has 0 saturated carbocycles. The van der Waals surface area contributed by atoms with Gasteiger partial charge in [0, 0.05) is 17.5 Å². The van der Waals surface area contributed by atoms with Gasteiger partial charge in [0.25, 0.3) is 5.69 Å². The Balaban J connectivity index is 0. The molecule has 1 unspecified atom stereocenters. The van der Waals surface area contributed by atoms with Crippen LogP contribution in [0.1, 0.15) is 35.7 Å². The van der Waals surface area contributed by atoms with Crippen LogP contribution in [0, 0.1) is 10.1 Å². The van der Waals surface area contributed by atoms with Gasteiger partial charge in [0.05, 0.1) is 17.1 Å². The average molecular weight is 335 g/mol. The number of ether oxygens (including phenoxy) is 1. The van der Waals surface area contributed by atoms with Gasteiger partial charge in [-0.25, -0.2) is 4.79 Å². The van der Waals surface area contributed by atoms with Crippen molar-refractivity contribution in [2.45, 2.75) is 19.8 Å². The number of carbonyl (C=O) groups excluding carboxylic acids is 2. The predicted molar refractivity (Wildman–Crippen MR) is 71.6 cm³/mol. The maximum Gasteiger partial charge on any atom is 1.00 e. The van der Waals surface area contributed by atoms with Crippen molar-refractivity contribution in [3.63, 3.8) is 0 Å². The summed E-state index contributed by atoms with van der Waals surface area (Å²) in [6.07, 6.45) is -1.47. The van der Waals surface area contributed by atoms with Crippen LogP contribution >= 0.6 is 0 Å². The van der Waals surface area contributed by atoms with Crippen LogP contribution in [0.4, 0.5) is 10.5 Å². The molecule has 0 bridgehead atoms. The summed E-state index contributed by atoms with van der Waals surface area (Å²) in [5.74, 6) is -1.22. The smallest absolute Gasteiger partial charge is 0.565 e. The average Bonchev–Trinajstić information content (AvgIpc) is 2.45. The molecule has 0 aliphatic heterocycles. The summed E-state index contributed by atoms with van der Waals surface area (Å²) >= 11 is 0. The number of aldehydes is 1. The van der Waals surface area contributed by atoms with E-state index in [0.717, 1.165) is 6.07 Å². The van der Waals surface area contributed by atoms with E-state index >= 15 is 0 Å². The SMILES string of the molecule is CCOC(=O)c1ccc(C(C)C=O)c([N+](=O)[O-])c1.O=C([O-])O.[Na+]. The molecule has 23 heavy (non-hydrogen) atoms. The Morgan fingerprint density at radius 3 is 2.35 bits per heavy atom. The van der Waals surface area contributed by atoms with Gasteiger partial charge < -0.3 is 24.5 Å². The molecule has 1 aromatic carbocycles. The van der Waals surface area contributed by atoms with Crippen molar-refractivity contribution in [1.29, 1.82) is 0 Å². The van der Waals surface area contributed by atoms with Crippen LogP contribution in [-0.2, 0) is 9.53 Å². The van der Waals surface area contributed by atoms with Crippen LogP contribution in [0.5, 0.6) is 0 Å². The molecule has 0 aromatic heterocycles. The van der Waals surface area contributed by atoms with Gasteiger partial charge in [-0.2, -0.15) is 0 Å². The topological polar surface area (TPSA) is 147 Å². The van der Waals surface area contributed by atoms with Gasteiger partial charge in [-0.1, -0.05) is 13.0 Å². The summed E-state index contributed by atoms with van der Waals surface area (Å²) < 4.78 is 4.76. The second kappa shape index (κ2) is 11.6. The minimum Gasteiger partial charge on any atom is -0.565 e. The fourth-order valence-corrected chi connectivity index (χ4v) is 1.50. The first-order valence-corrected chi connectivity index (χ1v) is 6.05. The van der Waals surface area contributed by atoms with E-state index in [1.54, 1.807) is 13.8 Å². The number of nitro groups is 1. The Morgan fingerprint density at radius 1 is 1.43 bits per heavy atom. The fourth-order valence-electron chi connectivity index (χ4n) is 1.50. The van der Waals surface area contributed by atoms with Crippen molar-refractivity contribution in [2.24, 2.45) is 0 Å². The third-order valence-electron chi connectivity index (χ3n) is 2.43. The maximum atomic E-state index is 11.5. The summed E-state index contributed by atoms with van der Waals surface area (Å²) in [5, 5.41) is 26.2. The Kier molecular flexibility index (Phi) is 11.7. The number of hydrogen-bond acceptors (Lipinski definition) is 7. The van der Waals surface area contributed by atoms with Crippen molar-refractivity contribution in [3.8, 4) is 0 Å². The standard InChI is InChI=1S/C12H13NO5.CH2O3.Na/c1-3-18-12(15)9-4-5-10(8(2)7-14)11(6-9)13(16)17;2-1(3)4;/h4-8H,3H2,1-2H3;(H2,2,3,4);/q;;+1/p-1. The first-order valence-electron chi connectivity index (χ1n) is 6.05. The van der Waals surface area contributed by atoms with Crippen LogP contribution in [0.25, 0.3) is 0 Å². The molecule has 0 amide bonds. The molecule has 0 aliphatic rings. The minimum atomic E-state index is -2.08. The van der Waals surface area contributed by atoms with E-state index in [1.807, 2.05) is 0 Å². The van der Waals surface area contributed by atoms with Crippen molar-refractivity contribution >= 4 is 24.1 Å². The van der Waals surface area contributed by atoms with Crippen LogP contribution in [0.3, 0.4) is 0 Å². The maximum absolute atomic E-state index is 11.5. The Bertz CT molecular complexity index is 571. The molecule has 0 aliphatic carbocycles. The van der Waals surface area contributed by atoms with Crippen molar-refractivity contribution in [3.05, 3.63) is 39.4 Å². The molecular formula is C13H14NNaO8. The van der Waals surface area contributed by atoms with Gasteiger partial charge in [-0.3, -0.25) is 10.1 Å². The van der Waals surface area contributed by atoms with E-state index in [4.69, 9.17) is 19.7 Å². The number of carbonyl (C=O) groups is 3. The Labute approximate surface area is 153 Å². The number of carboxylic acid groups (broad SMARTS) is 2. The van der Waals surface area contributed by atoms with Crippen molar-refractivity contribution in [2.75, 3.05) is 6.61 Å². The zero-order chi connectivity index (χ0) is 17.3. The third kappa shape index (κ3) is 8.29. The Morgan fingerprint density at radius 2 is 1.96 bits per heavy atom. The summed E-state index contributed by atoms with van der Waals surface area (Å²) in [7, 11) is 0. The minimum absolute atomic E-state index is 0. The molecule has 9 nitrogen and oxygen atoms in total. The number of hydrogen-bond donors (Lipinski definition) is 1. The quantitative estimate of drug-likeness (QED) is 0.213. The molecule has 1 aromatic rings. The van der Waals surface area contributed by atoms with E-state index in [9.17, 15) is 19.7 Å². The molecular weight excluding hydrogens is 321 g/mol. The Hall–Kier alpha value is -1.97. The van der Waals surface area contributed by atoms with Gasteiger partial charge in [0.2, 0.25) is 6.16 Å². The van der Waals surface area contributed by atoms with Gasteiger partial charge in [0.15, 0.2) is 0 Å². The number of nitrogens with zero attached hydrogens (tertiary/aromatic N) is 1. The van der Waals surface area contributed by atoms with Gasteiger partial charge >= 0.3 is 35.5 Å². The first kappa shape index (κ1) is 23.3. The van der Waals surface area contributed by atoms with E-state index in [2.05, 4.69) is 0 Å². The van der Waals surface area contributed by atoms with Crippen LogP contribution in [0.15, 0.2) is 18.2 Å². The summed E-state index contributed by atoms with van der Waals surface area (Å²) in [6, 6.07) is 3.96. The van der Waals surface area contributed by atoms with E-state index < -0.39 is 23.0 Å². The largest absolute Gasteiger partial charge is 1.00 e. The molecule has 0 saturated heterocycles. The molecule has 0 fully saturated rings. The fraction of sp³-hybridized carbons (Fsp3) is 0.308. The molecule has 0 radical (unpaired) electrons. The van der Waals surface area contributed by atoms with Crippen LogP contribution < -0.4 is 34.7 Å². The molecule has 10 heteroatoms. The van der Waals surface area contributed by atoms with Crippen molar-refractivity contribution < 1.29 is 63.8 Å². The number of nitro benzene ring substituents is 1. The normalized spacial score (nSPS) is 10.2. The van der Waals surface area contributed by atoms with E-state index in [0.29, 0.717) is 6.29 Å². The summed E-state index contributed by atoms with van der Waals surface area (Å²) in [4.78, 5) is 40.9.